The molecule has 18 heteroatoms. The van der Waals surface area contributed by atoms with Gasteiger partial charge >= 0.3 is 7.12 Å². The SMILES string of the molecule is Cc1cc2cc(NC(=O)c3c(Cn4cc5c(N6CCC(NC7CC7)CC6)cc(F)c(C(=O)Nc6ccc7c(c6)COB7O)c5n4)cc(N4CCC(NC5CC5)CC4)c4cn(C)nc34)sc2c(C)n1. The maximum Gasteiger partial charge on any atom is 0.491 e. The second-order valence-corrected chi connectivity index (χ2v) is 20.7. The molecule has 7 heterocycles. The number of benzene rings is 3. The van der Waals surface area contributed by atoms with Gasteiger partial charge in [-0.3, -0.25) is 23.9 Å². The Morgan fingerprint density at radius 3 is 2.12 bits per heavy atom. The van der Waals surface area contributed by atoms with Gasteiger partial charge in [-0.1, -0.05) is 6.07 Å². The van der Waals surface area contributed by atoms with Crippen molar-refractivity contribution in [2.45, 2.75) is 103 Å². The molecule has 3 aromatic carbocycles. The van der Waals surface area contributed by atoms with Gasteiger partial charge in [-0.05, 0) is 124 Å². The zero-order chi connectivity index (χ0) is 46.4. The number of halogens is 1. The highest BCUT2D eigenvalue weighted by molar-refractivity contribution is 7.23. The van der Waals surface area contributed by atoms with E-state index in [-0.39, 0.29) is 30.1 Å². The summed E-state index contributed by atoms with van der Waals surface area (Å²) in [6.45, 7) is 7.46. The van der Waals surface area contributed by atoms with Crippen LogP contribution in [0.25, 0.3) is 31.9 Å². The molecule has 0 spiro atoms. The van der Waals surface area contributed by atoms with Gasteiger partial charge in [0.15, 0.2) is 0 Å². The predicted octanol–water partition coefficient (Wildman–Crippen LogP) is 6.50. The van der Waals surface area contributed by atoms with Gasteiger partial charge in [-0.15, -0.1) is 11.3 Å². The van der Waals surface area contributed by atoms with Gasteiger partial charge in [0.1, 0.15) is 22.4 Å². The van der Waals surface area contributed by atoms with Gasteiger partial charge in [0.05, 0.1) is 39.8 Å². The molecule has 0 radical (unpaired) electrons. The number of aromatic nitrogens is 5. The lowest BCUT2D eigenvalue weighted by molar-refractivity contribution is 0.101. The van der Waals surface area contributed by atoms with Crippen LogP contribution >= 0.6 is 11.3 Å². The van der Waals surface area contributed by atoms with Crippen molar-refractivity contribution in [2.24, 2.45) is 7.05 Å². The van der Waals surface area contributed by atoms with E-state index in [1.807, 2.05) is 45.4 Å². The lowest BCUT2D eigenvalue weighted by Gasteiger charge is -2.35. The van der Waals surface area contributed by atoms with Crippen molar-refractivity contribution in [3.05, 3.63) is 94.3 Å². The Balaban J connectivity index is 0.944. The molecule has 4 fully saturated rings. The minimum absolute atomic E-state index is 0.147. The van der Waals surface area contributed by atoms with Crippen molar-refractivity contribution in [3.8, 4) is 0 Å². The molecule has 0 unspecified atom stereocenters. The molecule has 2 amide bonds. The highest BCUT2D eigenvalue weighted by Gasteiger charge is 2.33. The number of nitrogens with zero attached hydrogens (tertiary/aromatic N) is 7. The summed E-state index contributed by atoms with van der Waals surface area (Å²) in [7, 11) is 0.858. The average Bonchev–Trinajstić information content (AvgIpc) is 4.13. The first-order valence-corrected chi connectivity index (χ1v) is 24.9. The van der Waals surface area contributed by atoms with E-state index in [0.717, 1.165) is 90.0 Å². The molecule has 68 heavy (non-hydrogen) atoms. The molecule has 350 valence electrons. The minimum atomic E-state index is -1.03. The van der Waals surface area contributed by atoms with E-state index < -0.39 is 18.8 Å². The average molecular weight is 936 g/mol. The van der Waals surface area contributed by atoms with Gasteiger partial charge in [-0.25, -0.2) is 4.39 Å². The van der Waals surface area contributed by atoms with E-state index >= 15 is 4.39 Å². The van der Waals surface area contributed by atoms with Gasteiger partial charge in [-0.2, -0.15) is 10.2 Å². The lowest BCUT2D eigenvalue weighted by atomic mass is 9.79. The zero-order valence-corrected chi connectivity index (χ0v) is 39.4. The third-order valence-electron chi connectivity index (χ3n) is 14.4. The van der Waals surface area contributed by atoms with Crippen LogP contribution < -0.4 is 36.5 Å². The van der Waals surface area contributed by atoms with Crippen LogP contribution in [-0.2, 0) is 24.9 Å². The van der Waals surface area contributed by atoms with Crippen LogP contribution in [0.2, 0.25) is 0 Å². The third kappa shape index (κ3) is 8.39. The zero-order valence-electron chi connectivity index (χ0n) is 38.6. The number of piperidine rings is 2. The fourth-order valence-corrected chi connectivity index (χ4v) is 11.7. The number of thiophene rings is 1. The number of fused-ring (bicyclic) bond motifs is 4. The van der Waals surface area contributed by atoms with Crippen LogP contribution in [0.5, 0.6) is 0 Å². The molecule has 0 atom stereocenters. The third-order valence-corrected chi connectivity index (χ3v) is 15.6. The second kappa shape index (κ2) is 17.2. The Hall–Kier alpha value is -5.92. The molecule has 7 aromatic rings. The standard InChI is InChI=1S/C50H55BFN11O4S/c1-27-18-29-21-43(68-48(29)28(2)53-27)57-49(64)44-30(20-41(37-24-60(3)58-46(37)44)61-14-10-34(11-15-61)54-32-4-5-32)23-63-25-38-42(62-16-12-35(13-17-62)55-33-6-7-33)22-40(52)45(47(38)59-63)50(65)56-36-8-9-39-31(19-36)26-67-51(39)66/h8-9,18-22,24-25,32-35,54-55,66H,4-7,10-17,23,26H2,1-3H3,(H,56,65)(H,57,64). The van der Waals surface area contributed by atoms with E-state index in [4.69, 9.17) is 14.9 Å². The quantitative estimate of drug-likeness (QED) is 0.0850. The topological polar surface area (TPSA) is 167 Å². The second-order valence-electron chi connectivity index (χ2n) is 19.6. The molecule has 3 aliphatic heterocycles. The highest BCUT2D eigenvalue weighted by atomic mass is 32.1. The number of carbonyl (C=O) groups excluding carboxylic acids is 2. The first kappa shape index (κ1) is 43.4. The Bertz CT molecular complexity index is 3150. The van der Waals surface area contributed by atoms with Crippen LogP contribution in [0.1, 0.15) is 94.6 Å². The number of rotatable bonds is 12. The molecule has 15 nitrogen and oxygen atoms in total. The number of nitrogens with one attached hydrogen (secondary N) is 4. The number of carbonyl (C=O) groups is 2. The summed E-state index contributed by atoms with van der Waals surface area (Å²) < 4.78 is 26.7. The molecule has 4 aromatic heterocycles. The number of anilines is 4. The van der Waals surface area contributed by atoms with Gasteiger partial charge < -0.3 is 40.7 Å². The van der Waals surface area contributed by atoms with Crippen LogP contribution in [0.3, 0.4) is 0 Å². The van der Waals surface area contributed by atoms with Crippen molar-refractivity contribution in [3.63, 3.8) is 0 Å². The van der Waals surface area contributed by atoms with E-state index in [9.17, 15) is 14.6 Å². The van der Waals surface area contributed by atoms with Crippen LogP contribution in [-0.4, -0.2) is 98.8 Å². The summed E-state index contributed by atoms with van der Waals surface area (Å²) in [5.41, 5.74) is 7.12. The number of aryl methyl sites for hydroxylation is 3. The molecule has 5 aliphatic rings. The maximum absolute atomic E-state index is 16.8. The molecule has 12 rings (SSSR count). The Morgan fingerprint density at radius 2 is 1.43 bits per heavy atom. The maximum atomic E-state index is 16.8. The normalized spacial score (nSPS) is 18.1. The molecule has 2 saturated carbocycles. The molecule has 0 bridgehead atoms. The van der Waals surface area contributed by atoms with Crippen molar-refractivity contribution < 1.29 is 23.7 Å². The minimum Gasteiger partial charge on any atom is -0.423 e. The van der Waals surface area contributed by atoms with E-state index in [1.165, 1.54) is 43.1 Å². The number of pyridine rings is 1. The highest BCUT2D eigenvalue weighted by Crippen LogP contribution is 2.39. The molecular weight excluding hydrogens is 880 g/mol. The number of amides is 2. The van der Waals surface area contributed by atoms with Gasteiger partial charge in [0, 0.05) is 97.6 Å². The van der Waals surface area contributed by atoms with Crippen molar-refractivity contribution in [1.29, 1.82) is 0 Å². The number of hydrogen-bond acceptors (Lipinski definition) is 12. The van der Waals surface area contributed by atoms with E-state index in [0.29, 0.717) is 68.0 Å². The predicted molar refractivity (Wildman–Crippen MR) is 266 cm³/mol. The summed E-state index contributed by atoms with van der Waals surface area (Å²) in [6, 6.07) is 14.9. The lowest BCUT2D eigenvalue weighted by Crippen LogP contribution is -2.43. The summed E-state index contributed by atoms with van der Waals surface area (Å²) in [4.78, 5) is 38.5. The fourth-order valence-electron chi connectivity index (χ4n) is 10.7. The van der Waals surface area contributed by atoms with Crippen molar-refractivity contribution in [1.82, 2.24) is 35.2 Å². The first-order valence-electron chi connectivity index (χ1n) is 24.1. The fraction of sp³-hybridized carbons (Fsp3) is 0.420. The molecular formula is C50H55BFN11O4S. The van der Waals surface area contributed by atoms with Crippen molar-refractivity contribution >= 4 is 89.7 Å². The summed E-state index contributed by atoms with van der Waals surface area (Å²) in [5, 5.41) is 37.2. The smallest absolute Gasteiger partial charge is 0.423 e. The first-order chi connectivity index (χ1) is 33.0. The Labute approximate surface area is 397 Å². The van der Waals surface area contributed by atoms with Crippen LogP contribution in [0.4, 0.5) is 26.5 Å². The molecule has 2 saturated heterocycles. The van der Waals surface area contributed by atoms with Gasteiger partial charge in [0.25, 0.3) is 11.8 Å². The summed E-state index contributed by atoms with van der Waals surface area (Å²) in [6.07, 6.45) is 12.7. The molecule has 2 aliphatic carbocycles. The number of hydrogen-bond donors (Lipinski definition) is 5. The summed E-state index contributed by atoms with van der Waals surface area (Å²) >= 11 is 1.50. The van der Waals surface area contributed by atoms with E-state index in [2.05, 4.69) is 42.1 Å². The molecule has 5 N–H and O–H groups in total. The van der Waals surface area contributed by atoms with Crippen LogP contribution in [0, 0.1) is 19.7 Å². The Kier molecular flexibility index (Phi) is 11.0. The largest absolute Gasteiger partial charge is 0.491 e. The van der Waals surface area contributed by atoms with Crippen LogP contribution in [0.15, 0.2) is 54.9 Å². The Morgan fingerprint density at radius 1 is 0.794 bits per heavy atom. The van der Waals surface area contributed by atoms with Crippen molar-refractivity contribution in [2.75, 3.05) is 46.6 Å². The monoisotopic (exact) mass is 935 g/mol. The van der Waals surface area contributed by atoms with E-state index in [1.54, 1.807) is 27.6 Å². The van der Waals surface area contributed by atoms with Gasteiger partial charge in [0.2, 0.25) is 0 Å². The summed E-state index contributed by atoms with van der Waals surface area (Å²) in [5.74, 6) is -1.61.